The third-order valence-corrected chi connectivity index (χ3v) is 3.49. The average molecular weight is 205 g/mol. The first-order valence-corrected chi connectivity index (χ1v) is 5.60. The van der Waals surface area contributed by atoms with Crippen LogP contribution in [0.25, 0.3) is 0 Å². The summed E-state index contributed by atoms with van der Waals surface area (Å²) >= 11 is 0. The summed E-state index contributed by atoms with van der Waals surface area (Å²) in [5.41, 5.74) is 2.13. The molecule has 1 aromatic carbocycles. The van der Waals surface area contributed by atoms with E-state index in [1.807, 2.05) is 6.92 Å². The Morgan fingerprint density at radius 3 is 2.73 bits per heavy atom. The molecule has 2 heteroatoms. The Hall–Kier alpha value is -0.860. The molecule has 82 valence electrons. The lowest BCUT2D eigenvalue weighted by Crippen LogP contribution is -2.56. The van der Waals surface area contributed by atoms with Gasteiger partial charge in [0.15, 0.2) is 0 Å². The van der Waals surface area contributed by atoms with Gasteiger partial charge >= 0.3 is 0 Å². The Kier molecular flexibility index (Phi) is 2.81. The highest BCUT2D eigenvalue weighted by atomic mass is 16.3. The number of hydrogen-bond donors (Lipinski definition) is 2. The smallest absolute Gasteiger partial charge is 0.0772 e. The number of hydrogen-bond acceptors (Lipinski definition) is 2. The van der Waals surface area contributed by atoms with Crippen LogP contribution in [0.2, 0.25) is 0 Å². The lowest BCUT2D eigenvalue weighted by atomic mass is 9.76. The predicted molar refractivity (Wildman–Crippen MR) is 61.7 cm³/mol. The second-order valence-electron chi connectivity index (χ2n) is 4.76. The molecule has 2 nitrogen and oxygen atoms in total. The maximum absolute atomic E-state index is 9.86. The quantitative estimate of drug-likeness (QED) is 0.791. The van der Waals surface area contributed by atoms with Gasteiger partial charge in [-0.25, -0.2) is 0 Å². The molecule has 0 bridgehead atoms. The molecule has 0 heterocycles. The number of aryl methyl sites for hydroxylation is 1. The van der Waals surface area contributed by atoms with Gasteiger partial charge in [-0.2, -0.15) is 0 Å². The van der Waals surface area contributed by atoms with Gasteiger partial charge in [0, 0.05) is 12.6 Å². The fourth-order valence-corrected chi connectivity index (χ4v) is 2.07. The van der Waals surface area contributed by atoms with E-state index >= 15 is 0 Å². The van der Waals surface area contributed by atoms with E-state index in [2.05, 4.69) is 36.5 Å². The number of benzene rings is 1. The summed E-state index contributed by atoms with van der Waals surface area (Å²) in [5, 5.41) is 13.3. The molecule has 2 N–H and O–H groups in total. The molecular weight excluding hydrogens is 186 g/mol. The van der Waals surface area contributed by atoms with Crippen molar-refractivity contribution in [3.05, 3.63) is 35.4 Å². The van der Waals surface area contributed by atoms with E-state index in [9.17, 15) is 5.11 Å². The Morgan fingerprint density at radius 1 is 1.47 bits per heavy atom. The summed E-state index contributed by atoms with van der Waals surface area (Å²) in [5.74, 6) is 0. The summed E-state index contributed by atoms with van der Waals surface area (Å²) < 4.78 is 0. The highest BCUT2D eigenvalue weighted by Crippen LogP contribution is 2.31. The first-order valence-electron chi connectivity index (χ1n) is 5.60. The van der Waals surface area contributed by atoms with E-state index in [0.717, 1.165) is 19.4 Å². The Balaban J connectivity index is 1.91. The van der Waals surface area contributed by atoms with Crippen molar-refractivity contribution in [1.82, 2.24) is 5.32 Å². The molecule has 1 fully saturated rings. The molecule has 0 aliphatic heterocycles. The molecule has 2 atom stereocenters. The minimum absolute atomic E-state index is 0.261. The average Bonchev–Trinajstić information content (AvgIpc) is 2.19. The Bertz CT molecular complexity index is 346. The Morgan fingerprint density at radius 2 is 2.20 bits per heavy atom. The van der Waals surface area contributed by atoms with Crippen molar-refractivity contribution < 1.29 is 5.11 Å². The summed E-state index contributed by atoms with van der Waals surface area (Å²) in [6, 6.07) is 8.63. The van der Waals surface area contributed by atoms with Crippen molar-refractivity contribution in [2.45, 2.75) is 44.9 Å². The van der Waals surface area contributed by atoms with Gasteiger partial charge in [0.2, 0.25) is 0 Å². The number of nitrogens with one attached hydrogen (secondary N) is 1. The first-order chi connectivity index (χ1) is 7.09. The van der Waals surface area contributed by atoms with Crippen molar-refractivity contribution in [2.75, 3.05) is 0 Å². The van der Waals surface area contributed by atoms with Crippen molar-refractivity contribution in [3.8, 4) is 0 Å². The summed E-state index contributed by atoms with van der Waals surface area (Å²) in [6.45, 7) is 4.88. The zero-order valence-electron chi connectivity index (χ0n) is 9.46. The fraction of sp³-hybridized carbons (Fsp3) is 0.538. The van der Waals surface area contributed by atoms with Crippen LogP contribution < -0.4 is 5.32 Å². The van der Waals surface area contributed by atoms with Crippen molar-refractivity contribution in [3.63, 3.8) is 0 Å². The van der Waals surface area contributed by atoms with Crippen LogP contribution in [0.3, 0.4) is 0 Å². The zero-order chi connectivity index (χ0) is 10.9. The molecule has 2 rings (SSSR count). The summed E-state index contributed by atoms with van der Waals surface area (Å²) in [7, 11) is 0. The lowest BCUT2D eigenvalue weighted by molar-refractivity contribution is -0.0523. The highest BCUT2D eigenvalue weighted by Gasteiger charge is 2.40. The molecule has 1 aliphatic carbocycles. The normalized spacial score (nSPS) is 29.9. The Labute approximate surface area is 91.3 Å². The molecular formula is C13H19NO. The van der Waals surface area contributed by atoms with Crippen LogP contribution in [0, 0.1) is 6.92 Å². The van der Waals surface area contributed by atoms with E-state index in [1.54, 1.807) is 0 Å². The molecule has 15 heavy (non-hydrogen) atoms. The van der Waals surface area contributed by atoms with Gasteiger partial charge in [0.25, 0.3) is 0 Å². The van der Waals surface area contributed by atoms with Crippen LogP contribution in [0.1, 0.15) is 30.9 Å². The lowest BCUT2D eigenvalue weighted by Gasteiger charge is -2.43. The van der Waals surface area contributed by atoms with E-state index < -0.39 is 5.60 Å². The maximum Gasteiger partial charge on any atom is 0.0772 e. The predicted octanol–water partition coefficient (Wildman–Crippen LogP) is 2.00. The molecule has 0 amide bonds. The van der Waals surface area contributed by atoms with Gasteiger partial charge in [-0.15, -0.1) is 0 Å². The molecule has 0 saturated heterocycles. The second-order valence-corrected chi connectivity index (χ2v) is 4.76. The molecule has 0 radical (unpaired) electrons. The van der Waals surface area contributed by atoms with Crippen LogP contribution in [-0.2, 0) is 6.54 Å². The van der Waals surface area contributed by atoms with Crippen molar-refractivity contribution in [1.29, 1.82) is 0 Å². The molecule has 0 aromatic heterocycles. The van der Waals surface area contributed by atoms with Crippen LogP contribution in [-0.4, -0.2) is 16.7 Å². The fourth-order valence-electron chi connectivity index (χ4n) is 2.07. The first kappa shape index (κ1) is 10.7. The van der Waals surface area contributed by atoms with E-state index in [1.165, 1.54) is 11.1 Å². The third-order valence-electron chi connectivity index (χ3n) is 3.49. The minimum atomic E-state index is -0.497. The van der Waals surface area contributed by atoms with Gasteiger partial charge in [-0.3, -0.25) is 0 Å². The van der Waals surface area contributed by atoms with Gasteiger partial charge < -0.3 is 10.4 Å². The van der Waals surface area contributed by atoms with E-state index in [4.69, 9.17) is 0 Å². The van der Waals surface area contributed by atoms with Crippen LogP contribution in [0.15, 0.2) is 24.3 Å². The maximum atomic E-state index is 9.86. The minimum Gasteiger partial charge on any atom is -0.389 e. The molecule has 1 aliphatic rings. The standard InChI is InChI=1S/C13H19NO/c1-10-5-3-4-6-11(10)9-14-12-7-8-13(12,2)15/h3-6,12,14-15H,7-9H2,1-2H3/t12-,13-/m0/s1. The second kappa shape index (κ2) is 3.95. The molecule has 0 unspecified atom stereocenters. The van der Waals surface area contributed by atoms with E-state index in [0.29, 0.717) is 0 Å². The van der Waals surface area contributed by atoms with E-state index in [-0.39, 0.29) is 6.04 Å². The van der Waals surface area contributed by atoms with Crippen LogP contribution >= 0.6 is 0 Å². The van der Waals surface area contributed by atoms with Crippen LogP contribution in [0.5, 0.6) is 0 Å². The number of aliphatic hydroxyl groups is 1. The monoisotopic (exact) mass is 205 g/mol. The molecule has 1 aromatic rings. The van der Waals surface area contributed by atoms with Gasteiger partial charge in [-0.1, -0.05) is 24.3 Å². The molecule has 1 saturated carbocycles. The largest absolute Gasteiger partial charge is 0.389 e. The van der Waals surface area contributed by atoms with Crippen molar-refractivity contribution >= 4 is 0 Å². The highest BCUT2D eigenvalue weighted by molar-refractivity contribution is 5.25. The van der Waals surface area contributed by atoms with Gasteiger partial charge in [0.1, 0.15) is 0 Å². The third kappa shape index (κ3) is 2.21. The van der Waals surface area contributed by atoms with Gasteiger partial charge in [0.05, 0.1) is 5.60 Å². The summed E-state index contributed by atoms with van der Waals surface area (Å²) in [4.78, 5) is 0. The molecule has 0 spiro atoms. The van der Waals surface area contributed by atoms with Crippen molar-refractivity contribution in [2.24, 2.45) is 0 Å². The van der Waals surface area contributed by atoms with Crippen LogP contribution in [0.4, 0.5) is 0 Å². The summed E-state index contributed by atoms with van der Waals surface area (Å²) in [6.07, 6.45) is 2.00. The number of rotatable bonds is 3. The van der Waals surface area contributed by atoms with Gasteiger partial charge in [-0.05, 0) is 37.8 Å². The zero-order valence-corrected chi connectivity index (χ0v) is 9.46. The topological polar surface area (TPSA) is 32.3 Å². The SMILES string of the molecule is Cc1ccccc1CN[C@H]1CC[C@]1(C)O.